The van der Waals surface area contributed by atoms with Crippen molar-refractivity contribution in [2.24, 2.45) is 0 Å². The summed E-state index contributed by atoms with van der Waals surface area (Å²) < 4.78 is 10.8. The average Bonchev–Trinajstić information content (AvgIpc) is 2.66. The third-order valence-corrected chi connectivity index (χ3v) is 3.20. The van der Waals surface area contributed by atoms with Crippen LogP contribution in [0, 0.1) is 0 Å². The van der Waals surface area contributed by atoms with Crippen molar-refractivity contribution >= 4 is 12.6 Å². The van der Waals surface area contributed by atoms with Crippen LogP contribution in [0.15, 0.2) is 35.2 Å². The number of aliphatic hydroxyl groups excluding tert-OH is 1. The summed E-state index contributed by atoms with van der Waals surface area (Å²) >= 11 is 4.28. The molecule has 0 aliphatic heterocycles. The van der Waals surface area contributed by atoms with Gasteiger partial charge in [-0.15, -0.1) is 12.6 Å². The van der Waals surface area contributed by atoms with E-state index in [1.165, 1.54) is 0 Å². The van der Waals surface area contributed by atoms with Crippen LogP contribution in [0.2, 0.25) is 0 Å². The summed E-state index contributed by atoms with van der Waals surface area (Å²) in [6.45, 7) is 0.513. The molecule has 1 N–H and O–H groups in total. The molecule has 4 heteroatoms. The maximum absolute atomic E-state index is 9.41. The van der Waals surface area contributed by atoms with Gasteiger partial charge in [-0.05, 0) is 23.8 Å². The summed E-state index contributed by atoms with van der Waals surface area (Å²) in [6, 6.07) is 7.73. The van der Waals surface area contributed by atoms with Crippen molar-refractivity contribution in [1.82, 2.24) is 0 Å². The Morgan fingerprint density at radius 3 is 2.59 bits per heavy atom. The van der Waals surface area contributed by atoms with E-state index in [2.05, 4.69) is 12.6 Å². The lowest BCUT2D eigenvalue weighted by Gasteiger charge is -2.13. The van der Waals surface area contributed by atoms with Crippen molar-refractivity contribution in [2.45, 2.75) is 25.2 Å². The molecule has 0 fully saturated rings. The Morgan fingerprint density at radius 2 is 2.06 bits per heavy atom. The van der Waals surface area contributed by atoms with Crippen LogP contribution in [0.5, 0.6) is 5.75 Å². The van der Waals surface area contributed by atoms with Gasteiger partial charge in [0, 0.05) is 11.3 Å². The van der Waals surface area contributed by atoms with Crippen LogP contribution in [0.4, 0.5) is 0 Å². The van der Waals surface area contributed by atoms with Gasteiger partial charge in [0.05, 0.1) is 25.9 Å². The molecule has 0 saturated heterocycles. The highest BCUT2D eigenvalue weighted by Crippen LogP contribution is 2.26. The topological polar surface area (TPSA) is 38.7 Å². The van der Waals surface area contributed by atoms with Crippen molar-refractivity contribution in [3.63, 3.8) is 0 Å². The van der Waals surface area contributed by atoms with E-state index in [0.717, 1.165) is 16.2 Å². The molecular weight excluding hydrogens is 236 g/mol. The van der Waals surface area contributed by atoms with E-state index in [0.29, 0.717) is 13.0 Å². The summed E-state index contributed by atoms with van der Waals surface area (Å²) in [5.41, 5.74) is 1.08. The van der Waals surface area contributed by atoms with Gasteiger partial charge in [-0.3, -0.25) is 0 Å². The normalized spacial score (nSPS) is 23.6. The van der Waals surface area contributed by atoms with Gasteiger partial charge in [0.1, 0.15) is 5.75 Å². The molecular formula is C13H16O3S. The molecule has 1 aromatic carbocycles. The first-order chi connectivity index (χ1) is 8.19. The Balaban J connectivity index is 1.87. The van der Waals surface area contributed by atoms with Gasteiger partial charge < -0.3 is 14.6 Å². The largest absolute Gasteiger partial charge is 0.497 e. The van der Waals surface area contributed by atoms with Crippen LogP contribution >= 0.6 is 12.6 Å². The Labute approximate surface area is 106 Å². The predicted molar refractivity (Wildman–Crippen MR) is 69.3 cm³/mol. The average molecular weight is 252 g/mol. The standard InChI is InChI=1S/C13H16O3S/c1-15-11-4-2-9(3-5-11)8-16-12-6-10(14)7-13(12)17/h2-5,7,10,12,14,17H,6,8H2,1H3/t10-,12-/m0/s1. The molecule has 0 bridgehead atoms. The Bertz CT molecular complexity index is 400. The molecule has 1 aromatic rings. The summed E-state index contributed by atoms with van der Waals surface area (Å²) in [5.74, 6) is 0.833. The fourth-order valence-corrected chi connectivity index (χ4v) is 2.14. The Hall–Kier alpha value is -0.970. The van der Waals surface area contributed by atoms with Crippen molar-refractivity contribution in [1.29, 1.82) is 0 Å². The highest BCUT2D eigenvalue weighted by molar-refractivity contribution is 7.84. The molecule has 0 unspecified atom stereocenters. The molecule has 0 saturated carbocycles. The second-order valence-electron chi connectivity index (χ2n) is 4.04. The zero-order chi connectivity index (χ0) is 12.3. The zero-order valence-corrected chi connectivity index (χ0v) is 10.6. The van der Waals surface area contributed by atoms with Gasteiger partial charge in [0.15, 0.2) is 0 Å². The van der Waals surface area contributed by atoms with Gasteiger partial charge in [0.2, 0.25) is 0 Å². The quantitative estimate of drug-likeness (QED) is 0.807. The van der Waals surface area contributed by atoms with Crippen molar-refractivity contribution in [3.05, 3.63) is 40.8 Å². The number of ether oxygens (including phenoxy) is 2. The van der Waals surface area contributed by atoms with Gasteiger partial charge >= 0.3 is 0 Å². The molecule has 1 aliphatic carbocycles. The minimum absolute atomic E-state index is 0.0876. The van der Waals surface area contributed by atoms with Crippen LogP contribution in [0.3, 0.4) is 0 Å². The SMILES string of the molecule is COc1ccc(CO[C@H]2C[C@H](O)C=C2S)cc1. The zero-order valence-electron chi connectivity index (χ0n) is 9.67. The number of rotatable bonds is 4. The number of aliphatic hydroxyl groups is 1. The van der Waals surface area contributed by atoms with Gasteiger partial charge in [-0.25, -0.2) is 0 Å². The maximum atomic E-state index is 9.41. The summed E-state index contributed by atoms with van der Waals surface area (Å²) in [5, 5.41) is 9.41. The molecule has 92 valence electrons. The highest BCUT2D eigenvalue weighted by Gasteiger charge is 2.23. The second kappa shape index (κ2) is 5.58. The molecule has 0 amide bonds. The van der Waals surface area contributed by atoms with Gasteiger partial charge in [-0.2, -0.15) is 0 Å². The number of methoxy groups -OCH3 is 1. The number of benzene rings is 1. The van der Waals surface area contributed by atoms with E-state index in [9.17, 15) is 5.11 Å². The number of thiol groups is 1. The first-order valence-electron chi connectivity index (χ1n) is 5.52. The van der Waals surface area contributed by atoms with Crippen molar-refractivity contribution in [2.75, 3.05) is 7.11 Å². The molecule has 0 radical (unpaired) electrons. The van der Waals surface area contributed by atoms with Crippen LogP contribution in [0.25, 0.3) is 0 Å². The van der Waals surface area contributed by atoms with Crippen LogP contribution in [0.1, 0.15) is 12.0 Å². The highest BCUT2D eigenvalue weighted by atomic mass is 32.1. The predicted octanol–water partition coefficient (Wildman–Crippen LogP) is 2.16. The maximum Gasteiger partial charge on any atom is 0.118 e. The van der Waals surface area contributed by atoms with Crippen LogP contribution in [-0.2, 0) is 11.3 Å². The van der Waals surface area contributed by atoms with E-state index in [-0.39, 0.29) is 6.10 Å². The first-order valence-corrected chi connectivity index (χ1v) is 5.97. The molecule has 17 heavy (non-hydrogen) atoms. The van der Waals surface area contributed by atoms with Gasteiger partial charge in [-0.1, -0.05) is 12.1 Å². The molecule has 0 aromatic heterocycles. The molecule has 2 rings (SSSR count). The number of hydrogen-bond donors (Lipinski definition) is 2. The monoisotopic (exact) mass is 252 g/mol. The van der Waals surface area contributed by atoms with E-state index < -0.39 is 6.10 Å². The van der Waals surface area contributed by atoms with Gasteiger partial charge in [0.25, 0.3) is 0 Å². The molecule has 1 aliphatic rings. The van der Waals surface area contributed by atoms with Crippen molar-refractivity contribution < 1.29 is 14.6 Å². The van der Waals surface area contributed by atoms with Crippen molar-refractivity contribution in [3.8, 4) is 5.75 Å². The molecule has 2 atom stereocenters. The van der Waals surface area contributed by atoms with E-state index >= 15 is 0 Å². The lowest BCUT2D eigenvalue weighted by molar-refractivity contribution is 0.0511. The van der Waals surface area contributed by atoms with E-state index in [1.807, 2.05) is 24.3 Å². The van der Waals surface area contributed by atoms with Crippen LogP contribution < -0.4 is 4.74 Å². The Morgan fingerprint density at radius 1 is 1.35 bits per heavy atom. The summed E-state index contributed by atoms with van der Waals surface area (Å²) in [4.78, 5) is 0.811. The third kappa shape index (κ3) is 3.25. The van der Waals surface area contributed by atoms with E-state index in [4.69, 9.17) is 9.47 Å². The summed E-state index contributed by atoms with van der Waals surface area (Å²) in [6.07, 6.45) is 1.80. The molecule has 0 spiro atoms. The second-order valence-corrected chi connectivity index (χ2v) is 4.56. The lowest BCUT2D eigenvalue weighted by Crippen LogP contribution is -2.12. The Kier molecular flexibility index (Phi) is 4.10. The number of hydrogen-bond acceptors (Lipinski definition) is 4. The molecule has 0 heterocycles. The van der Waals surface area contributed by atoms with Crippen LogP contribution in [-0.4, -0.2) is 24.4 Å². The minimum Gasteiger partial charge on any atom is -0.497 e. The fourth-order valence-electron chi connectivity index (χ4n) is 1.78. The van der Waals surface area contributed by atoms with E-state index in [1.54, 1.807) is 13.2 Å². The first kappa shape index (κ1) is 12.5. The summed E-state index contributed by atoms with van der Waals surface area (Å²) in [7, 11) is 1.64. The minimum atomic E-state index is -0.427. The molecule has 3 nitrogen and oxygen atoms in total. The lowest BCUT2D eigenvalue weighted by atomic mass is 10.2. The smallest absolute Gasteiger partial charge is 0.118 e. The fraction of sp³-hybridized carbons (Fsp3) is 0.385. The third-order valence-electron chi connectivity index (χ3n) is 2.76.